The van der Waals surface area contributed by atoms with Crippen molar-refractivity contribution < 1.29 is 14.1 Å². The number of likely N-dealkylation sites (tertiary alicyclic amines) is 1. The quantitative estimate of drug-likeness (QED) is 0.859. The predicted molar refractivity (Wildman–Crippen MR) is 73.4 cm³/mol. The van der Waals surface area contributed by atoms with Gasteiger partial charge in [-0.15, -0.1) is 0 Å². The molecule has 0 aromatic carbocycles. The average molecular weight is 293 g/mol. The Labute approximate surface area is 120 Å². The molecule has 3 rings (SSSR count). The molecule has 1 aliphatic rings. The Morgan fingerprint density at radius 2 is 2.55 bits per heavy atom. The maximum Gasteiger partial charge on any atom is 0.258 e. The maximum absolute atomic E-state index is 11.8. The van der Waals surface area contributed by atoms with Crippen LogP contribution in [0.1, 0.15) is 18.2 Å². The molecule has 2 aromatic rings. The molecular formula is C13H15N3O3S. The lowest BCUT2D eigenvalue weighted by molar-refractivity contribution is -0.134. The van der Waals surface area contributed by atoms with Crippen molar-refractivity contribution in [3.63, 3.8) is 0 Å². The van der Waals surface area contributed by atoms with Gasteiger partial charge in [0.2, 0.25) is 5.91 Å². The van der Waals surface area contributed by atoms with Crippen molar-refractivity contribution in [3.8, 4) is 11.5 Å². The van der Waals surface area contributed by atoms with Crippen molar-refractivity contribution >= 4 is 17.2 Å². The van der Waals surface area contributed by atoms with E-state index in [1.807, 2.05) is 16.8 Å². The van der Waals surface area contributed by atoms with Gasteiger partial charge in [-0.1, -0.05) is 5.16 Å². The summed E-state index contributed by atoms with van der Waals surface area (Å²) >= 11 is 1.59. The van der Waals surface area contributed by atoms with Gasteiger partial charge in [0.15, 0.2) is 5.82 Å². The van der Waals surface area contributed by atoms with Crippen molar-refractivity contribution in [2.45, 2.75) is 12.3 Å². The molecule has 1 fully saturated rings. The highest BCUT2D eigenvalue weighted by atomic mass is 32.1. The average Bonchev–Trinajstić information content (AvgIpc) is 3.19. The molecule has 106 valence electrons. The molecule has 20 heavy (non-hydrogen) atoms. The van der Waals surface area contributed by atoms with E-state index >= 15 is 0 Å². The van der Waals surface area contributed by atoms with E-state index in [4.69, 9.17) is 9.26 Å². The van der Waals surface area contributed by atoms with Gasteiger partial charge in [0.05, 0.1) is 5.56 Å². The van der Waals surface area contributed by atoms with E-state index in [9.17, 15) is 4.79 Å². The molecule has 6 nitrogen and oxygen atoms in total. The van der Waals surface area contributed by atoms with Gasteiger partial charge in [0.1, 0.15) is 6.61 Å². The molecule has 0 N–H and O–H groups in total. The monoisotopic (exact) mass is 293 g/mol. The largest absolute Gasteiger partial charge is 0.375 e. The second kappa shape index (κ2) is 5.72. The minimum atomic E-state index is 0.0107. The molecule has 0 saturated carbocycles. The number of hydrogen-bond acceptors (Lipinski definition) is 6. The van der Waals surface area contributed by atoms with E-state index < -0.39 is 0 Å². The third-order valence-electron chi connectivity index (χ3n) is 3.38. The molecule has 1 unspecified atom stereocenters. The summed E-state index contributed by atoms with van der Waals surface area (Å²) in [6.07, 6.45) is 0.859. The Bertz CT molecular complexity index is 581. The zero-order valence-corrected chi connectivity index (χ0v) is 11.9. The van der Waals surface area contributed by atoms with Crippen LogP contribution in [0.4, 0.5) is 0 Å². The van der Waals surface area contributed by atoms with Crippen LogP contribution in [-0.2, 0) is 9.53 Å². The van der Waals surface area contributed by atoms with Gasteiger partial charge in [-0.3, -0.25) is 4.79 Å². The van der Waals surface area contributed by atoms with Gasteiger partial charge in [-0.2, -0.15) is 16.3 Å². The van der Waals surface area contributed by atoms with E-state index in [1.54, 1.807) is 16.2 Å². The minimum Gasteiger partial charge on any atom is -0.375 e. The first kappa shape index (κ1) is 13.3. The van der Waals surface area contributed by atoms with Crippen LogP contribution in [0.3, 0.4) is 0 Å². The second-order valence-corrected chi connectivity index (χ2v) is 5.51. The molecule has 1 amide bonds. The summed E-state index contributed by atoms with van der Waals surface area (Å²) in [5, 5.41) is 7.99. The van der Waals surface area contributed by atoms with Gasteiger partial charge in [0.25, 0.3) is 5.89 Å². The Kier molecular flexibility index (Phi) is 3.79. The number of methoxy groups -OCH3 is 1. The Balaban J connectivity index is 1.68. The third kappa shape index (κ3) is 2.59. The van der Waals surface area contributed by atoms with Crippen LogP contribution in [0.15, 0.2) is 21.3 Å². The topological polar surface area (TPSA) is 68.5 Å². The molecule has 7 heteroatoms. The lowest BCUT2D eigenvalue weighted by Crippen LogP contribution is -2.31. The molecule has 0 radical (unpaired) electrons. The van der Waals surface area contributed by atoms with Gasteiger partial charge in [-0.05, 0) is 17.9 Å². The Hall–Kier alpha value is -1.73. The summed E-state index contributed by atoms with van der Waals surface area (Å²) in [4.78, 5) is 18.0. The van der Waals surface area contributed by atoms with Crippen molar-refractivity contribution in [2.75, 3.05) is 26.8 Å². The number of ether oxygens (including phenoxy) is 1. The van der Waals surface area contributed by atoms with Crippen LogP contribution in [-0.4, -0.2) is 47.8 Å². The minimum absolute atomic E-state index is 0.0107. The molecule has 1 saturated heterocycles. The lowest BCUT2D eigenvalue weighted by Gasteiger charge is -2.14. The second-order valence-electron chi connectivity index (χ2n) is 4.73. The lowest BCUT2D eigenvalue weighted by atomic mass is 10.1. The highest BCUT2D eigenvalue weighted by Crippen LogP contribution is 2.27. The SMILES string of the molecule is COCC(=O)N1CCC(c2noc(-c3ccsc3)n2)C1. The van der Waals surface area contributed by atoms with Gasteiger partial charge >= 0.3 is 0 Å². The molecule has 0 spiro atoms. The predicted octanol–water partition coefficient (Wildman–Crippen LogP) is 1.76. The van der Waals surface area contributed by atoms with Crippen molar-refractivity contribution in [1.82, 2.24) is 15.0 Å². The van der Waals surface area contributed by atoms with E-state index in [-0.39, 0.29) is 18.4 Å². The highest BCUT2D eigenvalue weighted by Gasteiger charge is 2.30. The zero-order valence-electron chi connectivity index (χ0n) is 11.1. The number of amides is 1. The molecule has 1 aliphatic heterocycles. The van der Waals surface area contributed by atoms with Gasteiger partial charge < -0.3 is 14.2 Å². The molecule has 1 atom stereocenters. The zero-order chi connectivity index (χ0) is 13.9. The first-order valence-electron chi connectivity index (χ1n) is 6.41. The molecule has 2 aromatic heterocycles. The van der Waals surface area contributed by atoms with Crippen LogP contribution >= 0.6 is 11.3 Å². The summed E-state index contributed by atoms with van der Waals surface area (Å²) in [6.45, 7) is 1.47. The number of hydrogen-bond donors (Lipinski definition) is 0. The van der Waals surface area contributed by atoms with Gasteiger partial charge in [0, 0.05) is 31.5 Å². The van der Waals surface area contributed by atoms with Crippen molar-refractivity contribution in [3.05, 3.63) is 22.7 Å². The third-order valence-corrected chi connectivity index (χ3v) is 4.07. The number of rotatable bonds is 4. The fraction of sp³-hybridized carbons (Fsp3) is 0.462. The van der Waals surface area contributed by atoms with Crippen LogP contribution in [0.5, 0.6) is 0 Å². The molecule has 0 bridgehead atoms. The summed E-state index contributed by atoms with van der Waals surface area (Å²) in [6, 6.07) is 1.95. The number of aromatic nitrogens is 2. The van der Waals surface area contributed by atoms with Crippen LogP contribution < -0.4 is 0 Å². The van der Waals surface area contributed by atoms with Crippen molar-refractivity contribution in [2.24, 2.45) is 0 Å². The van der Waals surface area contributed by atoms with E-state index in [0.29, 0.717) is 18.3 Å². The normalized spacial score (nSPS) is 18.6. The number of carbonyl (C=O) groups is 1. The summed E-state index contributed by atoms with van der Waals surface area (Å²) in [7, 11) is 1.53. The number of carbonyl (C=O) groups excluding carboxylic acids is 1. The number of nitrogens with zero attached hydrogens (tertiary/aromatic N) is 3. The molecule has 3 heterocycles. The first-order valence-corrected chi connectivity index (χ1v) is 7.35. The Morgan fingerprint density at radius 1 is 1.65 bits per heavy atom. The summed E-state index contributed by atoms with van der Waals surface area (Å²) in [5.74, 6) is 1.38. The van der Waals surface area contributed by atoms with E-state index in [0.717, 1.165) is 18.5 Å². The summed E-state index contributed by atoms with van der Waals surface area (Å²) in [5.41, 5.74) is 0.944. The molecular weight excluding hydrogens is 278 g/mol. The van der Waals surface area contributed by atoms with Crippen LogP contribution in [0.2, 0.25) is 0 Å². The van der Waals surface area contributed by atoms with Crippen molar-refractivity contribution in [1.29, 1.82) is 0 Å². The molecule has 0 aliphatic carbocycles. The smallest absolute Gasteiger partial charge is 0.258 e. The van der Waals surface area contributed by atoms with E-state index in [2.05, 4.69) is 10.1 Å². The fourth-order valence-electron chi connectivity index (χ4n) is 2.32. The van der Waals surface area contributed by atoms with Crippen LogP contribution in [0.25, 0.3) is 11.5 Å². The van der Waals surface area contributed by atoms with E-state index in [1.165, 1.54) is 7.11 Å². The first-order chi connectivity index (χ1) is 9.78. The van der Waals surface area contributed by atoms with Crippen LogP contribution in [0, 0.1) is 0 Å². The highest BCUT2D eigenvalue weighted by molar-refractivity contribution is 7.08. The standard InChI is InChI=1S/C13H15N3O3S/c1-18-7-11(17)16-4-2-9(6-16)12-14-13(19-15-12)10-3-5-20-8-10/h3,5,8-9H,2,4,6-7H2,1H3. The number of thiophene rings is 1. The summed E-state index contributed by atoms with van der Waals surface area (Å²) < 4.78 is 10.2. The Morgan fingerprint density at radius 3 is 3.30 bits per heavy atom. The fourth-order valence-corrected chi connectivity index (χ4v) is 2.95. The van der Waals surface area contributed by atoms with Gasteiger partial charge in [-0.25, -0.2) is 0 Å². The maximum atomic E-state index is 11.8.